The van der Waals surface area contributed by atoms with Crippen LogP contribution in [-0.4, -0.2) is 14.5 Å². The maximum Gasteiger partial charge on any atom is 0.433 e. The van der Waals surface area contributed by atoms with Crippen molar-refractivity contribution >= 4 is 43.9 Å². The average Bonchev–Trinajstić information content (AvgIpc) is 3.53. The number of halogens is 3. The molecule has 7 rings (SSSR count). The van der Waals surface area contributed by atoms with E-state index in [-0.39, 0.29) is 17.5 Å². The van der Waals surface area contributed by atoms with Gasteiger partial charge in [0, 0.05) is 10.8 Å². The number of hydrogen-bond acceptors (Lipinski definition) is 3. The van der Waals surface area contributed by atoms with Crippen molar-refractivity contribution in [1.82, 2.24) is 14.5 Å². The molecule has 0 spiro atoms. The number of alkyl halides is 3. The fourth-order valence-corrected chi connectivity index (χ4v) is 6.11. The zero-order valence-electron chi connectivity index (χ0n) is 23.6. The number of furan rings is 1. The van der Waals surface area contributed by atoms with Crippen LogP contribution in [0.15, 0.2) is 89.3 Å². The minimum atomic E-state index is -4.57. The predicted molar refractivity (Wildman–Crippen MR) is 162 cm³/mol. The molecule has 0 fully saturated rings. The van der Waals surface area contributed by atoms with Crippen molar-refractivity contribution in [3.63, 3.8) is 0 Å². The molecule has 7 heteroatoms. The second kappa shape index (κ2) is 9.44. The highest BCUT2D eigenvalue weighted by atomic mass is 19.4. The molecule has 0 saturated carbocycles. The number of para-hydroxylation sites is 3. The molecule has 0 atom stereocenters. The van der Waals surface area contributed by atoms with Gasteiger partial charge < -0.3 is 4.42 Å². The number of pyridine rings is 1. The molecule has 42 heavy (non-hydrogen) atoms. The summed E-state index contributed by atoms with van der Waals surface area (Å²) in [4.78, 5) is 8.95. The number of hydrogen-bond donors (Lipinski definition) is 0. The van der Waals surface area contributed by atoms with Gasteiger partial charge in [0.15, 0.2) is 0 Å². The van der Waals surface area contributed by atoms with E-state index in [0.29, 0.717) is 27.7 Å². The summed E-state index contributed by atoms with van der Waals surface area (Å²) in [6.07, 6.45) is -4.57. The fraction of sp³-hybridized carbons (Fsp3) is 0.200. The van der Waals surface area contributed by atoms with E-state index in [1.165, 1.54) is 28.0 Å². The maximum absolute atomic E-state index is 13.5. The highest BCUT2D eigenvalue weighted by Gasteiger charge is 2.33. The van der Waals surface area contributed by atoms with Crippen molar-refractivity contribution in [2.75, 3.05) is 0 Å². The van der Waals surface area contributed by atoms with Crippen molar-refractivity contribution in [2.45, 2.75) is 45.7 Å². The normalized spacial score (nSPS) is 12.6. The lowest BCUT2D eigenvalue weighted by molar-refractivity contribution is -0.141. The number of imidazole rings is 1. The molecule has 0 aliphatic rings. The Labute approximate surface area is 240 Å². The third kappa shape index (κ3) is 3.98. The van der Waals surface area contributed by atoms with E-state index in [0.717, 1.165) is 22.8 Å². The van der Waals surface area contributed by atoms with Gasteiger partial charge in [-0.25, -0.2) is 9.97 Å². The van der Waals surface area contributed by atoms with Crippen molar-refractivity contribution in [1.29, 1.82) is 0 Å². The van der Waals surface area contributed by atoms with E-state index in [4.69, 9.17) is 9.40 Å². The number of rotatable bonds is 4. The molecule has 0 aliphatic carbocycles. The van der Waals surface area contributed by atoms with Crippen LogP contribution in [0.25, 0.3) is 61.0 Å². The van der Waals surface area contributed by atoms with Crippen LogP contribution in [0.4, 0.5) is 13.2 Å². The summed E-state index contributed by atoms with van der Waals surface area (Å²) in [6.45, 7) is 8.80. The summed E-state index contributed by atoms with van der Waals surface area (Å²) in [6, 6.07) is 26.8. The maximum atomic E-state index is 13.5. The first-order valence-electron chi connectivity index (χ1n) is 14.1. The van der Waals surface area contributed by atoms with E-state index < -0.39 is 11.9 Å². The topological polar surface area (TPSA) is 43.9 Å². The molecule has 0 amide bonds. The first-order valence-corrected chi connectivity index (χ1v) is 14.1. The molecule has 4 nitrogen and oxygen atoms in total. The Morgan fingerprint density at radius 3 is 2.24 bits per heavy atom. The summed E-state index contributed by atoms with van der Waals surface area (Å²) in [7, 11) is 0. The summed E-state index contributed by atoms with van der Waals surface area (Å²) < 4.78 is 48.8. The summed E-state index contributed by atoms with van der Waals surface area (Å²) >= 11 is 0. The number of nitrogens with zero attached hydrogens (tertiary/aromatic N) is 3. The molecule has 0 bridgehead atoms. The standard InChI is InChI=1S/C35H28F3N3O/c1-19(2)26-18-21-10-5-6-11-22(21)30(20(3)4)31(26)41-28-15-8-7-14-27(28)39-33(41)25-13-9-12-23-24-16-17-29(35(36,37)38)40-34(24)42-32(23)25/h5-20H,1-4H3. The van der Waals surface area contributed by atoms with Crippen molar-refractivity contribution in [3.8, 4) is 17.1 Å². The third-order valence-corrected chi connectivity index (χ3v) is 7.97. The lowest BCUT2D eigenvalue weighted by Crippen LogP contribution is -2.09. The number of benzene rings is 4. The van der Waals surface area contributed by atoms with Gasteiger partial charge in [-0.2, -0.15) is 13.2 Å². The van der Waals surface area contributed by atoms with Crippen molar-refractivity contribution < 1.29 is 17.6 Å². The molecule has 3 aromatic heterocycles. The van der Waals surface area contributed by atoms with Crippen LogP contribution >= 0.6 is 0 Å². The van der Waals surface area contributed by atoms with E-state index in [9.17, 15) is 13.2 Å². The molecular weight excluding hydrogens is 535 g/mol. The lowest BCUT2D eigenvalue weighted by atomic mass is 9.87. The smallest absolute Gasteiger partial charge is 0.433 e. The molecular formula is C35H28F3N3O. The molecule has 3 heterocycles. The highest BCUT2D eigenvalue weighted by molar-refractivity contribution is 6.08. The monoisotopic (exact) mass is 563 g/mol. The minimum absolute atomic E-state index is 0.0496. The fourth-order valence-electron chi connectivity index (χ4n) is 6.11. The van der Waals surface area contributed by atoms with Crippen LogP contribution in [0.5, 0.6) is 0 Å². The largest absolute Gasteiger partial charge is 0.437 e. The molecule has 0 aliphatic heterocycles. The van der Waals surface area contributed by atoms with Gasteiger partial charge >= 0.3 is 6.18 Å². The van der Waals surface area contributed by atoms with E-state index in [1.54, 1.807) is 0 Å². The highest BCUT2D eigenvalue weighted by Crippen LogP contribution is 2.43. The second-order valence-corrected chi connectivity index (χ2v) is 11.3. The van der Waals surface area contributed by atoms with Crippen LogP contribution in [0.3, 0.4) is 0 Å². The van der Waals surface area contributed by atoms with Gasteiger partial charge in [-0.05, 0) is 70.1 Å². The molecule has 210 valence electrons. The molecule has 0 unspecified atom stereocenters. The minimum Gasteiger partial charge on any atom is -0.437 e. The quantitative estimate of drug-likeness (QED) is 0.214. The molecule has 0 radical (unpaired) electrons. The zero-order valence-corrected chi connectivity index (χ0v) is 23.6. The Bertz CT molecular complexity index is 2150. The van der Waals surface area contributed by atoms with Crippen molar-refractivity contribution in [2.24, 2.45) is 0 Å². The summed E-state index contributed by atoms with van der Waals surface area (Å²) in [5.74, 6) is 1.07. The first-order chi connectivity index (χ1) is 20.1. The van der Waals surface area contributed by atoms with Gasteiger partial charge in [-0.15, -0.1) is 0 Å². The first kappa shape index (κ1) is 26.3. The van der Waals surface area contributed by atoms with Crippen LogP contribution in [-0.2, 0) is 6.18 Å². The van der Waals surface area contributed by atoms with E-state index in [1.807, 2.05) is 36.4 Å². The Morgan fingerprint density at radius 2 is 1.48 bits per heavy atom. The SMILES string of the molecule is CC(C)c1cc2ccccc2c(C(C)C)c1-n1c(-c2cccc3c2oc2nc(C(F)(F)F)ccc23)nc2ccccc21. The van der Waals surface area contributed by atoms with Gasteiger partial charge in [-0.1, -0.05) is 76.2 Å². The summed E-state index contributed by atoms with van der Waals surface area (Å²) in [5.41, 5.74) is 5.35. The second-order valence-electron chi connectivity index (χ2n) is 11.3. The third-order valence-electron chi connectivity index (χ3n) is 7.97. The molecule has 0 N–H and O–H groups in total. The van der Waals surface area contributed by atoms with Gasteiger partial charge in [0.1, 0.15) is 17.1 Å². The van der Waals surface area contributed by atoms with Crippen LogP contribution in [0, 0.1) is 0 Å². The molecule has 7 aromatic rings. The van der Waals surface area contributed by atoms with Crippen molar-refractivity contribution in [3.05, 3.63) is 102 Å². The van der Waals surface area contributed by atoms with Crippen LogP contribution < -0.4 is 0 Å². The van der Waals surface area contributed by atoms with Gasteiger partial charge in [0.2, 0.25) is 5.71 Å². The van der Waals surface area contributed by atoms with Crippen LogP contribution in [0.1, 0.15) is 56.4 Å². The van der Waals surface area contributed by atoms with E-state index >= 15 is 0 Å². The van der Waals surface area contributed by atoms with Gasteiger partial charge in [0.05, 0.1) is 22.3 Å². The summed E-state index contributed by atoms with van der Waals surface area (Å²) in [5, 5.41) is 3.58. The Morgan fingerprint density at radius 1 is 0.738 bits per heavy atom. The zero-order chi connectivity index (χ0) is 29.3. The van der Waals surface area contributed by atoms with Crippen LogP contribution in [0.2, 0.25) is 0 Å². The van der Waals surface area contributed by atoms with Gasteiger partial charge in [-0.3, -0.25) is 4.57 Å². The predicted octanol–water partition coefficient (Wildman–Crippen LogP) is 10.4. The Balaban J connectivity index is 1.61. The lowest BCUT2D eigenvalue weighted by Gasteiger charge is -2.25. The Kier molecular flexibility index (Phi) is 5.91. The number of fused-ring (bicyclic) bond motifs is 5. The van der Waals surface area contributed by atoms with Gasteiger partial charge in [0.25, 0.3) is 0 Å². The molecule has 4 aromatic carbocycles. The number of aromatic nitrogens is 3. The van der Waals surface area contributed by atoms with E-state index in [2.05, 4.69) is 73.6 Å². The Hall–Kier alpha value is -4.65. The molecule has 0 saturated heterocycles. The average molecular weight is 564 g/mol.